The molecule has 1 saturated heterocycles. The zero-order valence-electron chi connectivity index (χ0n) is 8.12. The predicted octanol–water partition coefficient (Wildman–Crippen LogP) is -0.0916. The summed E-state index contributed by atoms with van der Waals surface area (Å²) in [7, 11) is 0. The molecule has 0 aromatic carbocycles. The van der Waals surface area contributed by atoms with Crippen LogP contribution in [0, 0.1) is 5.92 Å². The SMILES string of the molecule is CC1CCOC1C(=O)NC[C@@H](C)O. The monoisotopic (exact) mass is 187 g/mol. The fraction of sp³-hybridized carbons (Fsp3) is 0.889. The summed E-state index contributed by atoms with van der Waals surface area (Å²) in [5.74, 6) is 0.180. The molecule has 76 valence electrons. The number of aliphatic hydroxyl groups excluding tert-OH is 1. The Balaban J connectivity index is 2.30. The standard InChI is InChI=1S/C9H17NO3/c1-6-3-4-13-8(6)9(12)10-5-7(2)11/h6-8,11H,3-5H2,1-2H3,(H,10,12)/t6?,7-,8?/m1/s1. The second-order valence-corrected chi connectivity index (χ2v) is 3.65. The van der Waals surface area contributed by atoms with Crippen molar-refractivity contribution in [1.82, 2.24) is 5.32 Å². The second kappa shape index (κ2) is 4.58. The average Bonchev–Trinajstić information content (AvgIpc) is 2.47. The van der Waals surface area contributed by atoms with Crippen LogP contribution in [-0.2, 0) is 9.53 Å². The molecule has 4 nitrogen and oxygen atoms in total. The number of carbonyl (C=O) groups is 1. The highest BCUT2D eigenvalue weighted by atomic mass is 16.5. The Kier molecular flexibility index (Phi) is 3.69. The highest BCUT2D eigenvalue weighted by Crippen LogP contribution is 2.19. The van der Waals surface area contributed by atoms with E-state index in [1.165, 1.54) is 0 Å². The molecule has 1 heterocycles. The van der Waals surface area contributed by atoms with E-state index >= 15 is 0 Å². The zero-order valence-corrected chi connectivity index (χ0v) is 8.12. The Morgan fingerprint density at radius 2 is 2.46 bits per heavy atom. The van der Waals surface area contributed by atoms with E-state index in [0.717, 1.165) is 6.42 Å². The quantitative estimate of drug-likeness (QED) is 0.649. The predicted molar refractivity (Wildman–Crippen MR) is 48.2 cm³/mol. The van der Waals surface area contributed by atoms with Gasteiger partial charge >= 0.3 is 0 Å². The van der Waals surface area contributed by atoms with Crippen LogP contribution in [0.3, 0.4) is 0 Å². The molecule has 1 aliphatic rings. The molecule has 0 aromatic rings. The summed E-state index contributed by atoms with van der Waals surface area (Å²) in [5, 5.41) is 11.6. The average molecular weight is 187 g/mol. The van der Waals surface area contributed by atoms with Gasteiger partial charge in [-0.25, -0.2) is 0 Å². The zero-order chi connectivity index (χ0) is 9.84. The number of hydrogen-bond donors (Lipinski definition) is 2. The molecule has 1 rings (SSSR count). The Bertz CT molecular complexity index is 182. The summed E-state index contributed by atoms with van der Waals surface area (Å²) in [6.07, 6.45) is 0.117. The molecule has 0 saturated carbocycles. The highest BCUT2D eigenvalue weighted by Gasteiger charge is 2.30. The van der Waals surface area contributed by atoms with Gasteiger partial charge in [0.1, 0.15) is 6.10 Å². The van der Waals surface area contributed by atoms with Gasteiger partial charge < -0.3 is 15.2 Å². The third-order valence-corrected chi connectivity index (χ3v) is 2.22. The van der Waals surface area contributed by atoms with Crippen LogP contribution in [-0.4, -0.2) is 36.4 Å². The molecule has 1 aliphatic heterocycles. The maximum atomic E-state index is 11.4. The number of carbonyl (C=O) groups excluding carboxylic acids is 1. The van der Waals surface area contributed by atoms with E-state index in [9.17, 15) is 4.79 Å². The number of rotatable bonds is 3. The number of amides is 1. The lowest BCUT2D eigenvalue weighted by molar-refractivity contribution is -0.131. The molecule has 1 fully saturated rings. The second-order valence-electron chi connectivity index (χ2n) is 3.65. The molecule has 1 amide bonds. The summed E-state index contributed by atoms with van der Waals surface area (Å²) in [6.45, 7) is 4.60. The van der Waals surface area contributed by atoms with E-state index in [0.29, 0.717) is 13.2 Å². The first-order chi connectivity index (χ1) is 6.11. The summed E-state index contributed by atoms with van der Waals surface area (Å²) in [6, 6.07) is 0. The first-order valence-corrected chi connectivity index (χ1v) is 4.68. The number of aliphatic hydroxyl groups is 1. The molecule has 4 heteroatoms. The van der Waals surface area contributed by atoms with Crippen LogP contribution in [0.2, 0.25) is 0 Å². The van der Waals surface area contributed by atoms with Crippen molar-refractivity contribution in [2.45, 2.75) is 32.5 Å². The van der Waals surface area contributed by atoms with Crippen LogP contribution in [0.1, 0.15) is 20.3 Å². The van der Waals surface area contributed by atoms with Crippen LogP contribution in [0.5, 0.6) is 0 Å². The highest BCUT2D eigenvalue weighted by molar-refractivity contribution is 5.81. The van der Waals surface area contributed by atoms with Crippen molar-refractivity contribution in [3.05, 3.63) is 0 Å². The molecule has 0 radical (unpaired) electrons. The number of nitrogens with one attached hydrogen (secondary N) is 1. The fourth-order valence-electron chi connectivity index (χ4n) is 1.38. The third kappa shape index (κ3) is 2.97. The van der Waals surface area contributed by atoms with Crippen molar-refractivity contribution in [3.8, 4) is 0 Å². The first-order valence-electron chi connectivity index (χ1n) is 4.68. The fourth-order valence-corrected chi connectivity index (χ4v) is 1.38. The lowest BCUT2D eigenvalue weighted by Gasteiger charge is -2.15. The summed E-state index contributed by atoms with van der Waals surface area (Å²) in [5.41, 5.74) is 0. The van der Waals surface area contributed by atoms with Crippen LogP contribution in [0.25, 0.3) is 0 Å². The third-order valence-electron chi connectivity index (χ3n) is 2.22. The van der Waals surface area contributed by atoms with Gasteiger partial charge in [-0.3, -0.25) is 4.79 Å². The van der Waals surface area contributed by atoms with Crippen LogP contribution < -0.4 is 5.32 Å². The largest absolute Gasteiger partial charge is 0.392 e. The molecule has 0 bridgehead atoms. The van der Waals surface area contributed by atoms with Gasteiger partial charge in [-0.1, -0.05) is 6.92 Å². The summed E-state index contributed by atoms with van der Waals surface area (Å²) >= 11 is 0. The molecule has 3 atom stereocenters. The minimum absolute atomic E-state index is 0.106. The molecule has 2 unspecified atom stereocenters. The van der Waals surface area contributed by atoms with Gasteiger partial charge in [0, 0.05) is 13.2 Å². The summed E-state index contributed by atoms with van der Waals surface area (Å²) in [4.78, 5) is 11.4. The van der Waals surface area contributed by atoms with Crippen LogP contribution in [0.4, 0.5) is 0 Å². The molecular formula is C9H17NO3. The van der Waals surface area contributed by atoms with Gasteiger partial charge in [0.2, 0.25) is 5.91 Å². The van der Waals surface area contributed by atoms with Crippen molar-refractivity contribution in [1.29, 1.82) is 0 Å². The molecule has 0 spiro atoms. The van der Waals surface area contributed by atoms with Gasteiger partial charge in [0.05, 0.1) is 6.10 Å². The molecular weight excluding hydrogens is 170 g/mol. The van der Waals surface area contributed by atoms with Crippen molar-refractivity contribution in [3.63, 3.8) is 0 Å². The lowest BCUT2D eigenvalue weighted by atomic mass is 10.0. The van der Waals surface area contributed by atoms with E-state index in [2.05, 4.69) is 5.32 Å². The van der Waals surface area contributed by atoms with E-state index in [4.69, 9.17) is 9.84 Å². The van der Waals surface area contributed by atoms with E-state index in [1.54, 1.807) is 6.92 Å². The smallest absolute Gasteiger partial charge is 0.249 e. The van der Waals surface area contributed by atoms with E-state index in [-0.39, 0.29) is 17.9 Å². The van der Waals surface area contributed by atoms with Crippen molar-refractivity contribution in [2.24, 2.45) is 5.92 Å². The minimum Gasteiger partial charge on any atom is -0.392 e. The lowest BCUT2D eigenvalue weighted by Crippen LogP contribution is -2.40. The van der Waals surface area contributed by atoms with Gasteiger partial charge in [-0.05, 0) is 19.3 Å². The van der Waals surface area contributed by atoms with Crippen molar-refractivity contribution < 1.29 is 14.6 Å². The van der Waals surface area contributed by atoms with E-state index < -0.39 is 6.10 Å². The van der Waals surface area contributed by atoms with E-state index in [1.807, 2.05) is 6.92 Å². The molecule has 0 aromatic heterocycles. The summed E-state index contributed by atoms with van der Waals surface area (Å²) < 4.78 is 5.27. The molecule has 2 N–H and O–H groups in total. The molecule has 0 aliphatic carbocycles. The Morgan fingerprint density at radius 3 is 2.92 bits per heavy atom. The first kappa shape index (κ1) is 10.5. The van der Waals surface area contributed by atoms with Gasteiger partial charge in [0.15, 0.2) is 0 Å². The van der Waals surface area contributed by atoms with Gasteiger partial charge in [-0.15, -0.1) is 0 Å². The van der Waals surface area contributed by atoms with Gasteiger partial charge in [0.25, 0.3) is 0 Å². The maximum Gasteiger partial charge on any atom is 0.249 e. The maximum absolute atomic E-state index is 11.4. The van der Waals surface area contributed by atoms with Crippen molar-refractivity contribution in [2.75, 3.05) is 13.2 Å². The van der Waals surface area contributed by atoms with Crippen LogP contribution in [0.15, 0.2) is 0 Å². The molecule has 13 heavy (non-hydrogen) atoms. The van der Waals surface area contributed by atoms with Gasteiger partial charge in [-0.2, -0.15) is 0 Å². The Hall–Kier alpha value is -0.610. The van der Waals surface area contributed by atoms with Crippen molar-refractivity contribution >= 4 is 5.91 Å². The topological polar surface area (TPSA) is 58.6 Å². The Labute approximate surface area is 78.3 Å². The number of ether oxygens (including phenoxy) is 1. The minimum atomic E-state index is -0.499. The normalized spacial score (nSPS) is 30.1. The number of hydrogen-bond acceptors (Lipinski definition) is 3. The Morgan fingerprint density at radius 1 is 1.77 bits per heavy atom. The van der Waals surface area contributed by atoms with Crippen LogP contribution >= 0.6 is 0 Å².